The minimum atomic E-state index is -0.517. The van der Waals surface area contributed by atoms with Gasteiger partial charge in [-0.05, 0) is 55.4 Å². The van der Waals surface area contributed by atoms with Crippen molar-refractivity contribution in [1.82, 2.24) is 25.1 Å². The first-order chi connectivity index (χ1) is 17.0. The van der Waals surface area contributed by atoms with Gasteiger partial charge in [0.05, 0.1) is 13.2 Å². The van der Waals surface area contributed by atoms with E-state index in [0.717, 1.165) is 0 Å². The summed E-state index contributed by atoms with van der Waals surface area (Å²) in [6.45, 7) is 15.8. The lowest BCUT2D eigenvalue weighted by molar-refractivity contribution is -0.255. The van der Waals surface area contributed by atoms with Crippen LogP contribution >= 0.6 is 0 Å². The molecule has 0 aliphatic carbocycles. The number of aliphatic hydroxyl groups excluding tert-OH is 2. The SMILES string of the molecule is CC1(C)CC(Oc2nc(OC3CC(C)(C)N(O)C(C)(C)C3)nc(N(CCO)CCO)n2)CC(C)(C)N1O. The Kier molecular flexibility index (Phi) is 8.63. The van der Waals surface area contributed by atoms with Gasteiger partial charge in [-0.2, -0.15) is 20.1 Å². The highest BCUT2D eigenvalue weighted by Crippen LogP contribution is 2.40. The van der Waals surface area contributed by atoms with E-state index in [1.165, 1.54) is 10.1 Å². The van der Waals surface area contributed by atoms with Crippen molar-refractivity contribution in [1.29, 1.82) is 0 Å². The maximum atomic E-state index is 10.7. The Morgan fingerprint density at radius 3 is 1.30 bits per heavy atom. The van der Waals surface area contributed by atoms with Crippen LogP contribution < -0.4 is 14.4 Å². The molecule has 1 aromatic rings. The van der Waals surface area contributed by atoms with Crippen molar-refractivity contribution in [2.45, 2.75) is 115 Å². The summed E-state index contributed by atoms with van der Waals surface area (Å²) in [6.07, 6.45) is 1.68. The molecule has 3 rings (SSSR count). The van der Waals surface area contributed by atoms with Crippen LogP contribution in [-0.2, 0) is 0 Å². The monoisotopic (exact) mass is 526 g/mol. The molecule has 2 aliphatic rings. The lowest BCUT2D eigenvalue weighted by atomic mass is 9.80. The summed E-state index contributed by atoms with van der Waals surface area (Å²) >= 11 is 0. The van der Waals surface area contributed by atoms with Crippen LogP contribution in [0.2, 0.25) is 0 Å². The van der Waals surface area contributed by atoms with E-state index in [0.29, 0.717) is 25.7 Å². The molecule has 1 aromatic heterocycles. The van der Waals surface area contributed by atoms with Crippen molar-refractivity contribution in [3.63, 3.8) is 0 Å². The van der Waals surface area contributed by atoms with Crippen molar-refractivity contribution in [3.05, 3.63) is 0 Å². The van der Waals surface area contributed by atoms with Crippen LogP contribution in [0.1, 0.15) is 81.1 Å². The second-order valence-electron chi connectivity index (χ2n) is 12.8. The average Bonchev–Trinajstić information content (AvgIpc) is 2.74. The number of piperidine rings is 2. The molecular weight excluding hydrogens is 480 g/mol. The van der Waals surface area contributed by atoms with E-state index >= 15 is 0 Å². The van der Waals surface area contributed by atoms with E-state index in [9.17, 15) is 20.6 Å². The second-order valence-corrected chi connectivity index (χ2v) is 12.8. The summed E-state index contributed by atoms with van der Waals surface area (Å²) in [6, 6.07) is 0.170. The Labute approximate surface area is 220 Å². The van der Waals surface area contributed by atoms with Crippen LogP contribution in [0.15, 0.2) is 0 Å². The molecule has 0 unspecified atom stereocenters. The van der Waals surface area contributed by atoms with Gasteiger partial charge in [0, 0.05) is 60.9 Å². The van der Waals surface area contributed by atoms with Gasteiger partial charge in [0.2, 0.25) is 5.95 Å². The number of hydrogen-bond donors (Lipinski definition) is 4. The minimum absolute atomic E-state index is 0.0852. The lowest BCUT2D eigenvalue weighted by Gasteiger charge is -2.51. The van der Waals surface area contributed by atoms with Gasteiger partial charge in [-0.15, -0.1) is 4.98 Å². The molecular formula is C25H46N6O6. The maximum Gasteiger partial charge on any atom is 0.324 e. The molecule has 212 valence electrons. The van der Waals surface area contributed by atoms with Gasteiger partial charge in [0.1, 0.15) is 12.2 Å². The molecule has 2 fully saturated rings. The zero-order valence-electron chi connectivity index (χ0n) is 23.6. The average molecular weight is 527 g/mol. The normalized spacial score (nSPS) is 24.1. The molecule has 4 N–H and O–H groups in total. The predicted octanol–water partition coefficient (Wildman–Crippen LogP) is 2.24. The van der Waals surface area contributed by atoms with Gasteiger partial charge >= 0.3 is 12.0 Å². The predicted molar refractivity (Wildman–Crippen MR) is 137 cm³/mol. The van der Waals surface area contributed by atoms with Crippen molar-refractivity contribution in [3.8, 4) is 12.0 Å². The smallest absolute Gasteiger partial charge is 0.324 e. The summed E-state index contributed by atoms with van der Waals surface area (Å²) in [5, 5.41) is 43.2. The third-order valence-electron chi connectivity index (χ3n) is 7.35. The second kappa shape index (κ2) is 10.7. The largest absolute Gasteiger partial charge is 0.460 e. The number of aliphatic hydroxyl groups is 2. The van der Waals surface area contributed by atoms with Crippen molar-refractivity contribution in [2.24, 2.45) is 0 Å². The molecule has 3 heterocycles. The van der Waals surface area contributed by atoms with Gasteiger partial charge in [-0.1, -0.05) is 0 Å². The highest BCUT2D eigenvalue weighted by molar-refractivity contribution is 5.32. The number of ether oxygens (including phenoxy) is 2. The Morgan fingerprint density at radius 1 is 0.676 bits per heavy atom. The number of hydroxylamine groups is 4. The quantitative estimate of drug-likeness (QED) is 0.374. The Morgan fingerprint density at radius 2 is 1.00 bits per heavy atom. The molecule has 0 atom stereocenters. The van der Waals surface area contributed by atoms with Crippen LogP contribution in [0.3, 0.4) is 0 Å². The fraction of sp³-hybridized carbons (Fsp3) is 0.880. The van der Waals surface area contributed by atoms with Crippen LogP contribution in [0.4, 0.5) is 5.95 Å². The zero-order chi connectivity index (χ0) is 27.8. The van der Waals surface area contributed by atoms with Gasteiger partial charge < -0.3 is 35.0 Å². The maximum absolute atomic E-state index is 10.7. The van der Waals surface area contributed by atoms with Crippen LogP contribution in [0, 0.1) is 0 Å². The first-order valence-electron chi connectivity index (χ1n) is 13.1. The topological polar surface area (TPSA) is 148 Å². The van der Waals surface area contributed by atoms with E-state index in [1.54, 1.807) is 4.90 Å². The van der Waals surface area contributed by atoms with E-state index < -0.39 is 22.2 Å². The molecule has 0 spiro atoms. The molecule has 12 nitrogen and oxygen atoms in total. The third-order valence-corrected chi connectivity index (χ3v) is 7.35. The summed E-state index contributed by atoms with van der Waals surface area (Å²) < 4.78 is 12.5. The zero-order valence-corrected chi connectivity index (χ0v) is 23.6. The molecule has 2 saturated heterocycles. The summed E-state index contributed by atoms with van der Waals surface area (Å²) in [7, 11) is 0. The van der Waals surface area contributed by atoms with Gasteiger partial charge in [0.15, 0.2) is 0 Å². The van der Waals surface area contributed by atoms with Crippen molar-refractivity contribution < 1.29 is 30.1 Å². The van der Waals surface area contributed by atoms with Crippen LogP contribution in [0.5, 0.6) is 12.0 Å². The van der Waals surface area contributed by atoms with Gasteiger partial charge in [-0.25, -0.2) is 0 Å². The number of rotatable bonds is 9. The third kappa shape index (κ3) is 6.79. The lowest BCUT2D eigenvalue weighted by Crippen LogP contribution is -2.61. The molecule has 2 aliphatic heterocycles. The summed E-state index contributed by atoms with van der Waals surface area (Å²) in [4.78, 5) is 15.1. The molecule has 0 bridgehead atoms. The minimum Gasteiger partial charge on any atom is -0.460 e. The number of nitrogens with zero attached hydrogens (tertiary/aromatic N) is 6. The molecule has 37 heavy (non-hydrogen) atoms. The number of anilines is 1. The first-order valence-corrected chi connectivity index (χ1v) is 13.1. The Hall–Kier alpha value is -1.83. The van der Waals surface area contributed by atoms with Crippen LogP contribution in [-0.4, -0.2) is 106 Å². The van der Waals surface area contributed by atoms with E-state index in [1.807, 2.05) is 55.4 Å². The first kappa shape index (κ1) is 29.7. The Balaban J connectivity index is 1.92. The highest BCUT2D eigenvalue weighted by Gasteiger charge is 2.47. The molecule has 0 saturated carbocycles. The fourth-order valence-electron chi connectivity index (χ4n) is 5.95. The van der Waals surface area contributed by atoms with Gasteiger partial charge in [0.25, 0.3) is 0 Å². The number of hydrogen-bond acceptors (Lipinski definition) is 12. The van der Waals surface area contributed by atoms with Gasteiger partial charge in [-0.3, -0.25) is 0 Å². The van der Waals surface area contributed by atoms with E-state index in [-0.39, 0.29) is 56.5 Å². The molecule has 0 amide bonds. The molecule has 0 aromatic carbocycles. The summed E-state index contributed by atoms with van der Waals surface area (Å²) in [5.41, 5.74) is -2.07. The van der Waals surface area contributed by atoms with Crippen molar-refractivity contribution >= 4 is 5.95 Å². The van der Waals surface area contributed by atoms with E-state index in [2.05, 4.69) is 15.0 Å². The fourth-order valence-corrected chi connectivity index (χ4v) is 5.95. The standard InChI is InChI=1S/C25H46N6O6/c1-22(2)13-17(14-23(3,4)30(22)34)36-20-26-19(29(9-11-32)10-12-33)27-21(28-20)37-18-15-24(5,6)31(35)25(7,8)16-18/h17-18,32-35H,9-16H2,1-8H3. The summed E-state index contributed by atoms with van der Waals surface area (Å²) in [5.74, 6) is 0.235. The van der Waals surface area contributed by atoms with E-state index in [4.69, 9.17) is 9.47 Å². The number of aromatic nitrogens is 3. The Bertz CT molecular complexity index is 823. The molecule has 0 radical (unpaired) electrons. The van der Waals surface area contributed by atoms with Crippen molar-refractivity contribution in [2.75, 3.05) is 31.2 Å². The highest BCUT2D eigenvalue weighted by atomic mass is 16.5. The molecule has 12 heteroatoms. The van der Waals surface area contributed by atoms with Crippen LogP contribution in [0.25, 0.3) is 0 Å².